The van der Waals surface area contributed by atoms with Gasteiger partial charge in [0.2, 0.25) is 0 Å². The van der Waals surface area contributed by atoms with Crippen molar-refractivity contribution in [3.63, 3.8) is 0 Å². The van der Waals surface area contributed by atoms with Crippen molar-refractivity contribution >= 4 is 22.7 Å². The summed E-state index contributed by atoms with van der Waals surface area (Å²) < 4.78 is 0. The lowest BCUT2D eigenvalue weighted by atomic mass is 10.3. The van der Waals surface area contributed by atoms with E-state index >= 15 is 0 Å². The number of thiazole rings is 1. The second-order valence-electron chi connectivity index (χ2n) is 2.24. The summed E-state index contributed by atoms with van der Waals surface area (Å²) in [5.74, 6) is 0. The van der Waals surface area contributed by atoms with Gasteiger partial charge in [-0.25, -0.2) is 4.98 Å². The largest absolute Gasteiger partial charge is 0.249 e. The molecule has 0 N–H and O–H groups in total. The fraction of sp³-hybridized carbons (Fsp3) is 0.125. The molecule has 3 heteroatoms. The zero-order chi connectivity index (χ0) is 7.68. The van der Waals surface area contributed by atoms with E-state index in [2.05, 4.69) is 22.5 Å². The van der Waals surface area contributed by atoms with E-state index in [0.717, 1.165) is 5.69 Å². The van der Waals surface area contributed by atoms with Gasteiger partial charge in [-0.3, -0.25) is 0 Å². The molecule has 0 radical (unpaired) electrons. The number of aromatic nitrogens is 1. The molecule has 0 saturated heterocycles. The molecule has 0 fully saturated rings. The van der Waals surface area contributed by atoms with Crippen molar-refractivity contribution in [1.82, 2.24) is 4.98 Å². The van der Waals surface area contributed by atoms with Crippen molar-refractivity contribution in [1.29, 1.82) is 0 Å². The smallest absolute Gasteiger partial charge is 0.0801 e. The first-order valence-electron chi connectivity index (χ1n) is 3.32. The molecule has 0 atom stereocenters. The zero-order valence-corrected chi connectivity index (χ0v) is 7.71. The zero-order valence-electron chi connectivity index (χ0n) is 6.07. The lowest BCUT2D eigenvalue weighted by Gasteiger charge is -1.89. The second kappa shape index (κ2) is 2.75. The molecule has 0 bridgehead atoms. The van der Waals surface area contributed by atoms with Gasteiger partial charge in [-0.15, -0.1) is 22.7 Å². The van der Waals surface area contributed by atoms with Gasteiger partial charge in [0, 0.05) is 4.88 Å². The summed E-state index contributed by atoms with van der Waals surface area (Å²) in [6.07, 6.45) is 0. The third kappa shape index (κ3) is 1.21. The summed E-state index contributed by atoms with van der Waals surface area (Å²) in [4.78, 5) is 6.83. The molecule has 2 rings (SSSR count). The molecule has 0 aromatic carbocycles. The Labute approximate surface area is 73.4 Å². The van der Waals surface area contributed by atoms with Gasteiger partial charge in [-0.05, 0) is 18.4 Å². The SMILES string of the molecule is Cc1ncsc1-c1cccs1. The van der Waals surface area contributed by atoms with Gasteiger partial charge in [0.05, 0.1) is 16.1 Å². The highest BCUT2D eigenvalue weighted by Crippen LogP contribution is 2.30. The van der Waals surface area contributed by atoms with Crippen molar-refractivity contribution in [3.8, 4) is 9.75 Å². The van der Waals surface area contributed by atoms with E-state index in [-0.39, 0.29) is 0 Å². The number of thiophene rings is 1. The second-order valence-corrected chi connectivity index (χ2v) is 4.05. The predicted molar refractivity (Wildman–Crippen MR) is 50.2 cm³/mol. The molecule has 0 unspecified atom stereocenters. The number of hydrogen-bond acceptors (Lipinski definition) is 3. The molecular formula is C8H7NS2. The fourth-order valence-electron chi connectivity index (χ4n) is 0.946. The van der Waals surface area contributed by atoms with Crippen LogP contribution in [0.3, 0.4) is 0 Å². The van der Waals surface area contributed by atoms with Gasteiger partial charge in [-0.1, -0.05) is 6.07 Å². The first kappa shape index (κ1) is 7.00. The topological polar surface area (TPSA) is 12.9 Å². The average Bonchev–Trinajstić information content (AvgIpc) is 2.55. The van der Waals surface area contributed by atoms with Crippen LogP contribution in [-0.2, 0) is 0 Å². The Bertz CT molecular complexity index is 335. The maximum atomic E-state index is 4.20. The maximum Gasteiger partial charge on any atom is 0.0801 e. The molecule has 2 aromatic heterocycles. The monoisotopic (exact) mass is 181 g/mol. The van der Waals surface area contributed by atoms with Crippen molar-refractivity contribution < 1.29 is 0 Å². The Morgan fingerprint density at radius 3 is 2.82 bits per heavy atom. The standard InChI is InChI=1S/C8H7NS2/c1-6-8(11-5-9-6)7-3-2-4-10-7/h2-5H,1H3. The molecular weight excluding hydrogens is 174 g/mol. The summed E-state index contributed by atoms with van der Waals surface area (Å²) >= 11 is 3.47. The maximum absolute atomic E-state index is 4.20. The Kier molecular flexibility index (Phi) is 1.75. The highest BCUT2D eigenvalue weighted by Gasteiger charge is 2.03. The van der Waals surface area contributed by atoms with Crippen LogP contribution in [0.5, 0.6) is 0 Å². The number of rotatable bonds is 1. The van der Waals surface area contributed by atoms with E-state index in [9.17, 15) is 0 Å². The highest BCUT2D eigenvalue weighted by atomic mass is 32.1. The van der Waals surface area contributed by atoms with Crippen LogP contribution in [-0.4, -0.2) is 4.98 Å². The van der Waals surface area contributed by atoms with Crippen LogP contribution in [0, 0.1) is 6.92 Å². The van der Waals surface area contributed by atoms with E-state index in [1.807, 2.05) is 12.4 Å². The minimum Gasteiger partial charge on any atom is -0.249 e. The first-order chi connectivity index (χ1) is 5.38. The van der Waals surface area contributed by atoms with Gasteiger partial charge in [0.25, 0.3) is 0 Å². The summed E-state index contributed by atoms with van der Waals surface area (Å²) in [5.41, 5.74) is 3.03. The van der Waals surface area contributed by atoms with Crippen molar-refractivity contribution in [3.05, 3.63) is 28.7 Å². The number of nitrogens with zero attached hydrogens (tertiary/aromatic N) is 1. The molecule has 0 aliphatic carbocycles. The van der Waals surface area contributed by atoms with Crippen molar-refractivity contribution in [2.75, 3.05) is 0 Å². The van der Waals surface area contributed by atoms with Crippen LogP contribution in [0.2, 0.25) is 0 Å². The Morgan fingerprint density at radius 1 is 1.36 bits per heavy atom. The van der Waals surface area contributed by atoms with Gasteiger partial charge >= 0.3 is 0 Å². The molecule has 2 heterocycles. The fourth-order valence-corrected chi connectivity index (χ4v) is 2.67. The number of hydrogen-bond donors (Lipinski definition) is 0. The lowest BCUT2D eigenvalue weighted by molar-refractivity contribution is 1.27. The summed E-state index contributed by atoms with van der Waals surface area (Å²) in [5, 5.41) is 2.09. The lowest BCUT2D eigenvalue weighted by Crippen LogP contribution is -1.70. The molecule has 56 valence electrons. The van der Waals surface area contributed by atoms with Crippen LogP contribution in [0.25, 0.3) is 9.75 Å². The summed E-state index contributed by atoms with van der Waals surface area (Å²) in [6, 6.07) is 4.20. The van der Waals surface area contributed by atoms with E-state index < -0.39 is 0 Å². The molecule has 0 saturated carbocycles. The van der Waals surface area contributed by atoms with Crippen LogP contribution < -0.4 is 0 Å². The minimum atomic E-state index is 1.14. The normalized spacial score (nSPS) is 10.3. The summed E-state index contributed by atoms with van der Waals surface area (Å²) in [7, 11) is 0. The molecule has 0 spiro atoms. The highest BCUT2D eigenvalue weighted by molar-refractivity contribution is 7.20. The van der Waals surface area contributed by atoms with Gasteiger partial charge < -0.3 is 0 Å². The Morgan fingerprint density at radius 2 is 2.27 bits per heavy atom. The average molecular weight is 181 g/mol. The third-order valence-electron chi connectivity index (χ3n) is 1.49. The van der Waals surface area contributed by atoms with Gasteiger partial charge in [-0.2, -0.15) is 0 Å². The van der Waals surface area contributed by atoms with Crippen LogP contribution >= 0.6 is 22.7 Å². The molecule has 0 aliphatic rings. The van der Waals surface area contributed by atoms with E-state index in [0.29, 0.717) is 0 Å². The van der Waals surface area contributed by atoms with Crippen LogP contribution in [0.4, 0.5) is 0 Å². The number of aryl methyl sites for hydroxylation is 1. The molecule has 1 nitrogen and oxygen atoms in total. The van der Waals surface area contributed by atoms with Gasteiger partial charge in [0.1, 0.15) is 0 Å². The van der Waals surface area contributed by atoms with Crippen LogP contribution in [0.1, 0.15) is 5.69 Å². The minimum absolute atomic E-state index is 1.14. The molecule has 2 aromatic rings. The van der Waals surface area contributed by atoms with E-state index in [1.54, 1.807) is 22.7 Å². The van der Waals surface area contributed by atoms with Crippen LogP contribution in [0.15, 0.2) is 23.0 Å². The molecule has 11 heavy (non-hydrogen) atoms. The van der Waals surface area contributed by atoms with E-state index in [1.165, 1.54) is 9.75 Å². The van der Waals surface area contributed by atoms with Crippen molar-refractivity contribution in [2.45, 2.75) is 6.92 Å². The first-order valence-corrected chi connectivity index (χ1v) is 5.08. The summed E-state index contributed by atoms with van der Waals surface area (Å²) in [6.45, 7) is 2.05. The Hall–Kier alpha value is -0.670. The molecule has 0 aliphatic heterocycles. The van der Waals surface area contributed by atoms with E-state index in [4.69, 9.17) is 0 Å². The van der Waals surface area contributed by atoms with Crippen molar-refractivity contribution in [2.24, 2.45) is 0 Å². The quantitative estimate of drug-likeness (QED) is 0.658. The Balaban J connectivity index is 2.53. The third-order valence-corrected chi connectivity index (χ3v) is 3.47. The molecule has 0 amide bonds. The predicted octanol–water partition coefficient (Wildman–Crippen LogP) is 3.18. The van der Waals surface area contributed by atoms with Gasteiger partial charge in [0.15, 0.2) is 0 Å².